The Bertz CT molecular complexity index is 489. The fourth-order valence-electron chi connectivity index (χ4n) is 2.48. The fraction of sp³-hybridized carbons (Fsp3) is 0.500. The Kier molecular flexibility index (Phi) is 9.45. The van der Waals surface area contributed by atoms with Crippen LogP contribution in [0.2, 0.25) is 0 Å². The highest BCUT2D eigenvalue weighted by Crippen LogP contribution is 2.23. The summed E-state index contributed by atoms with van der Waals surface area (Å²) >= 11 is 0. The quantitative estimate of drug-likeness (QED) is 0.618. The Morgan fingerprint density at radius 1 is 1.30 bits per heavy atom. The SMILES string of the molecule is CC(CCC=O)c1ccc(N2CCNCC2)cc1.CNC=C=O. The van der Waals surface area contributed by atoms with Crippen molar-refractivity contribution in [3.8, 4) is 0 Å². The van der Waals surface area contributed by atoms with Crippen molar-refractivity contribution in [2.45, 2.75) is 25.7 Å². The molecule has 0 bridgehead atoms. The summed E-state index contributed by atoms with van der Waals surface area (Å²) in [6.07, 6.45) is 3.79. The zero-order valence-electron chi connectivity index (χ0n) is 14.0. The maximum atomic E-state index is 10.4. The minimum Gasteiger partial charge on any atom is -0.385 e. The lowest BCUT2D eigenvalue weighted by atomic mass is 9.96. The second-order valence-electron chi connectivity index (χ2n) is 5.52. The molecule has 0 amide bonds. The van der Waals surface area contributed by atoms with Crippen LogP contribution in [-0.4, -0.2) is 45.5 Å². The molecule has 5 nitrogen and oxygen atoms in total. The summed E-state index contributed by atoms with van der Waals surface area (Å²) in [6, 6.07) is 8.82. The first-order chi connectivity index (χ1) is 11.2. The molecular formula is C18H27N3O2. The molecular weight excluding hydrogens is 290 g/mol. The summed E-state index contributed by atoms with van der Waals surface area (Å²) in [5.74, 6) is 2.00. The van der Waals surface area contributed by atoms with Crippen LogP contribution in [0.3, 0.4) is 0 Å². The van der Waals surface area contributed by atoms with E-state index in [0.717, 1.165) is 38.9 Å². The van der Waals surface area contributed by atoms with Gasteiger partial charge in [-0.3, -0.25) is 0 Å². The van der Waals surface area contributed by atoms with E-state index < -0.39 is 0 Å². The van der Waals surface area contributed by atoms with Crippen molar-refractivity contribution >= 4 is 17.9 Å². The number of benzene rings is 1. The number of aldehydes is 1. The fourth-order valence-corrected chi connectivity index (χ4v) is 2.48. The Labute approximate surface area is 138 Å². The minimum atomic E-state index is 0.465. The smallest absolute Gasteiger partial charge is 0.141 e. The molecule has 2 N–H and O–H groups in total. The van der Waals surface area contributed by atoms with Crippen LogP contribution in [0.4, 0.5) is 5.69 Å². The topological polar surface area (TPSA) is 61.4 Å². The summed E-state index contributed by atoms with van der Waals surface area (Å²) in [6.45, 7) is 6.48. The van der Waals surface area contributed by atoms with Crippen LogP contribution in [0, 0.1) is 0 Å². The van der Waals surface area contributed by atoms with Gasteiger partial charge in [0.1, 0.15) is 12.2 Å². The van der Waals surface area contributed by atoms with E-state index in [1.165, 1.54) is 23.4 Å². The maximum Gasteiger partial charge on any atom is 0.141 e. The third-order valence-electron chi connectivity index (χ3n) is 3.87. The number of nitrogens with one attached hydrogen (secondary N) is 2. The molecule has 1 heterocycles. The highest BCUT2D eigenvalue weighted by molar-refractivity contribution is 5.50. The first kappa shape index (κ1) is 18.9. The molecule has 5 heteroatoms. The average molecular weight is 317 g/mol. The second kappa shape index (κ2) is 11.5. The van der Waals surface area contributed by atoms with Gasteiger partial charge >= 0.3 is 0 Å². The molecule has 1 aromatic carbocycles. The van der Waals surface area contributed by atoms with Crippen LogP contribution in [0.5, 0.6) is 0 Å². The van der Waals surface area contributed by atoms with Crippen molar-refractivity contribution in [2.24, 2.45) is 0 Å². The molecule has 1 atom stereocenters. The van der Waals surface area contributed by atoms with Gasteiger partial charge in [0.2, 0.25) is 0 Å². The van der Waals surface area contributed by atoms with E-state index in [1.54, 1.807) is 7.05 Å². The molecule has 126 valence electrons. The lowest BCUT2D eigenvalue weighted by Crippen LogP contribution is -2.43. The third kappa shape index (κ3) is 7.13. The molecule has 0 saturated carbocycles. The molecule has 0 radical (unpaired) electrons. The molecule has 0 spiro atoms. The number of carbonyl (C=O) groups excluding carboxylic acids is 2. The molecule has 0 aromatic heterocycles. The van der Waals surface area contributed by atoms with Crippen LogP contribution in [0.1, 0.15) is 31.2 Å². The molecule has 1 aliphatic heterocycles. The zero-order valence-corrected chi connectivity index (χ0v) is 14.0. The predicted octanol–water partition coefficient (Wildman–Crippen LogP) is 1.73. The van der Waals surface area contributed by atoms with E-state index in [9.17, 15) is 4.79 Å². The normalized spacial score (nSPS) is 14.8. The van der Waals surface area contributed by atoms with Gasteiger partial charge in [0.15, 0.2) is 0 Å². The molecule has 1 fully saturated rings. The van der Waals surface area contributed by atoms with Crippen LogP contribution in [-0.2, 0) is 9.59 Å². The Hall–Kier alpha value is -2.10. The van der Waals surface area contributed by atoms with Gasteiger partial charge in [0.25, 0.3) is 0 Å². The van der Waals surface area contributed by atoms with Crippen LogP contribution in [0.15, 0.2) is 30.5 Å². The van der Waals surface area contributed by atoms with Gasteiger partial charge in [-0.05, 0) is 30.0 Å². The van der Waals surface area contributed by atoms with Crippen molar-refractivity contribution in [2.75, 3.05) is 38.1 Å². The van der Waals surface area contributed by atoms with Crippen molar-refractivity contribution in [3.05, 3.63) is 36.0 Å². The Balaban J connectivity index is 0.000000463. The van der Waals surface area contributed by atoms with Gasteiger partial charge in [0, 0.05) is 45.3 Å². The zero-order chi connectivity index (χ0) is 16.9. The molecule has 1 aliphatic rings. The van der Waals surface area contributed by atoms with Crippen LogP contribution < -0.4 is 15.5 Å². The highest BCUT2D eigenvalue weighted by atomic mass is 16.1. The van der Waals surface area contributed by atoms with Gasteiger partial charge in [-0.2, -0.15) is 0 Å². The minimum absolute atomic E-state index is 0.465. The van der Waals surface area contributed by atoms with Crippen molar-refractivity contribution in [1.82, 2.24) is 10.6 Å². The molecule has 1 aromatic rings. The number of nitrogens with zero attached hydrogens (tertiary/aromatic N) is 1. The summed E-state index contributed by atoms with van der Waals surface area (Å²) in [7, 11) is 1.64. The van der Waals surface area contributed by atoms with Gasteiger partial charge in [-0.25, -0.2) is 4.79 Å². The van der Waals surface area contributed by atoms with E-state index in [1.807, 2.05) is 0 Å². The molecule has 0 aliphatic carbocycles. The summed E-state index contributed by atoms with van der Waals surface area (Å²) in [4.78, 5) is 22.0. The van der Waals surface area contributed by atoms with Crippen molar-refractivity contribution < 1.29 is 9.59 Å². The standard InChI is InChI=1S/C15H22N2O.C3H5NO/c1-13(3-2-12-18)14-4-6-15(7-5-14)17-10-8-16-9-11-17;1-4-2-3-5/h4-7,12-13,16H,2-3,8-11H2,1H3;2,4H,1H3. The Morgan fingerprint density at radius 3 is 2.43 bits per heavy atom. The average Bonchev–Trinajstić information content (AvgIpc) is 2.62. The molecule has 23 heavy (non-hydrogen) atoms. The van der Waals surface area contributed by atoms with Crippen molar-refractivity contribution in [1.29, 1.82) is 0 Å². The predicted molar refractivity (Wildman–Crippen MR) is 94.6 cm³/mol. The van der Waals surface area contributed by atoms with Gasteiger partial charge in [-0.1, -0.05) is 19.1 Å². The number of hydrogen-bond donors (Lipinski definition) is 2. The first-order valence-electron chi connectivity index (χ1n) is 8.08. The number of carbonyl (C=O) groups is 1. The number of rotatable bonds is 6. The largest absolute Gasteiger partial charge is 0.385 e. The van der Waals surface area contributed by atoms with Gasteiger partial charge in [0.05, 0.1) is 6.20 Å². The van der Waals surface area contributed by atoms with E-state index in [2.05, 4.69) is 46.7 Å². The summed E-state index contributed by atoms with van der Waals surface area (Å²) in [5.41, 5.74) is 2.64. The second-order valence-corrected chi connectivity index (χ2v) is 5.52. The van der Waals surface area contributed by atoms with E-state index >= 15 is 0 Å². The van der Waals surface area contributed by atoms with Gasteiger partial charge in [-0.15, -0.1) is 0 Å². The number of piperazine rings is 1. The van der Waals surface area contributed by atoms with E-state index in [0.29, 0.717) is 12.3 Å². The number of anilines is 1. The lowest BCUT2D eigenvalue weighted by molar-refractivity contribution is -0.108. The van der Waals surface area contributed by atoms with Crippen LogP contribution in [0.25, 0.3) is 0 Å². The maximum absolute atomic E-state index is 10.4. The summed E-state index contributed by atoms with van der Waals surface area (Å²) in [5, 5.41) is 5.83. The lowest BCUT2D eigenvalue weighted by Gasteiger charge is -2.29. The van der Waals surface area contributed by atoms with Crippen LogP contribution >= 0.6 is 0 Å². The van der Waals surface area contributed by atoms with Gasteiger partial charge < -0.3 is 20.3 Å². The molecule has 1 saturated heterocycles. The summed E-state index contributed by atoms with van der Waals surface area (Å²) < 4.78 is 0. The highest BCUT2D eigenvalue weighted by Gasteiger charge is 2.11. The van der Waals surface area contributed by atoms with E-state index in [-0.39, 0.29) is 0 Å². The Morgan fingerprint density at radius 2 is 1.96 bits per heavy atom. The molecule has 1 unspecified atom stereocenters. The first-order valence-corrected chi connectivity index (χ1v) is 8.08. The van der Waals surface area contributed by atoms with Crippen molar-refractivity contribution in [3.63, 3.8) is 0 Å². The third-order valence-corrected chi connectivity index (χ3v) is 3.87. The van der Waals surface area contributed by atoms with E-state index in [4.69, 9.17) is 4.79 Å². The molecule has 2 rings (SSSR count). The monoisotopic (exact) mass is 317 g/mol. The number of hydrogen-bond acceptors (Lipinski definition) is 5.